The molecule has 0 saturated heterocycles. The Bertz CT molecular complexity index is 372. The molecule has 0 spiro atoms. The molecule has 0 aliphatic heterocycles. The first kappa shape index (κ1) is 11.5. The summed E-state index contributed by atoms with van der Waals surface area (Å²) in [6, 6.07) is 0. The zero-order valence-corrected chi connectivity index (χ0v) is 8.40. The van der Waals surface area contributed by atoms with Gasteiger partial charge in [0.05, 0.1) is 6.54 Å². The first-order valence-electron chi connectivity index (χ1n) is 3.99. The van der Waals surface area contributed by atoms with Crippen LogP contribution in [0.5, 0.6) is 0 Å². The van der Waals surface area contributed by atoms with Crippen molar-refractivity contribution in [3.8, 4) is 0 Å². The van der Waals surface area contributed by atoms with E-state index in [1.54, 1.807) is 0 Å². The Morgan fingerprint density at radius 3 is 2.93 bits per heavy atom. The number of anilines is 2. The number of nitrogens with two attached hydrogens (primary N) is 2. The lowest BCUT2D eigenvalue weighted by atomic mass is 10.3. The van der Waals surface area contributed by atoms with Crippen LogP contribution in [0.25, 0.3) is 0 Å². The second-order valence-corrected chi connectivity index (χ2v) is 3.10. The molecule has 6 N–H and O–H groups in total. The van der Waals surface area contributed by atoms with Gasteiger partial charge in [-0.3, -0.25) is 4.79 Å². The van der Waals surface area contributed by atoms with Crippen LogP contribution in [0.4, 0.5) is 11.6 Å². The molecule has 0 bridgehead atoms. The number of hydrogen-bond donors (Lipinski definition) is 4. The number of aromatic nitrogens is 2. The van der Waals surface area contributed by atoms with Crippen LogP contribution in [-0.2, 0) is 4.79 Å². The van der Waals surface area contributed by atoms with Gasteiger partial charge in [-0.2, -0.15) is 0 Å². The smallest absolute Gasteiger partial charge is 0.248 e. The molecule has 0 aromatic carbocycles. The Morgan fingerprint density at radius 1 is 1.67 bits per heavy atom. The number of aliphatic hydroxyl groups excluding tert-OH is 1. The van der Waals surface area contributed by atoms with Gasteiger partial charge in [0.1, 0.15) is 23.3 Å². The van der Waals surface area contributed by atoms with Gasteiger partial charge >= 0.3 is 0 Å². The number of nitrogens with one attached hydrogen (secondary N) is 1. The van der Waals surface area contributed by atoms with Crippen LogP contribution in [0.3, 0.4) is 0 Å². The molecule has 7 nitrogen and oxygen atoms in total. The molecule has 15 heavy (non-hydrogen) atoms. The van der Waals surface area contributed by atoms with E-state index in [-0.39, 0.29) is 23.2 Å². The van der Waals surface area contributed by atoms with Crippen molar-refractivity contribution in [1.82, 2.24) is 9.97 Å². The van der Waals surface area contributed by atoms with Gasteiger partial charge in [0.15, 0.2) is 5.82 Å². The molecule has 0 aliphatic carbocycles. The minimum Gasteiger partial charge on any atom is -0.382 e. The third kappa shape index (κ3) is 2.93. The van der Waals surface area contributed by atoms with Crippen molar-refractivity contribution in [3.63, 3.8) is 0 Å². The summed E-state index contributed by atoms with van der Waals surface area (Å²) < 4.78 is 0. The number of primary amides is 1. The van der Waals surface area contributed by atoms with E-state index in [2.05, 4.69) is 15.3 Å². The number of nitrogens with zero attached hydrogens (tertiary/aromatic N) is 2. The van der Waals surface area contributed by atoms with E-state index in [9.17, 15) is 4.79 Å². The topological polar surface area (TPSA) is 127 Å². The predicted molar refractivity (Wildman–Crippen MR) is 55.1 cm³/mol. The fourth-order valence-corrected chi connectivity index (χ4v) is 0.965. The van der Waals surface area contributed by atoms with Gasteiger partial charge in [-0.05, 0) is 0 Å². The Hall–Kier alpha value is -1.60. The van der Waals surface area contributed by atoms with Gasteiger partial charge < -0.3 is 21.9 Å². The number of aliphatic hydroxyl groups is 1. The van der Waals surface area contributed by atoms with Crippen molar-refractivity contribution in [2.24, 2.45) is 5.73 Å². The number of rotatable bonds is 4. The summed E-state index contributed by atoms with van der Waals surface area (Å²) in [7, 11) is 0. The van der Waals surface area contributed by atoms with Crippen molar-refractivity contribution in [2.75, 3.05) is 17.6 Å². The van der Waals surface area contributed by atoms with Gasteiger partial charge in [0.25, 0.3) is 0 Å². The zero-order chi connectivity index (χ0) is 11.4. The SMILES string of the molecule is NC(=O)C(O)CNc1ncnc(N)c1Cl. The molecule has 1 unspecified atom stereocenters. The Labute approximate surface area is 90.5 Å². The summed E-state index contributed by atoms with van der Waals surface area (Å²) in [5.41, 5.74) is 10.3. The number of carbonyl (C=O) groups excluding carboxylic acids is 1. The summed E-state index contributed by atoms with van der Waals surface area (Å²) in [5, 5.41) is 11.8. The molecule has 8 heteroatoms. The Kier molecular flexibility index (Phi) is 3.64. The van der Waals surface area contributed by atoms with E-state index in [1.165, 1.54) is 6.33 Å². The van der Waals surface area contributed by atoms with Crippen molar-refractivity contribution < 1.29 is 9.90 Å². The molecular formula is C7H10ClN5O2. The molecule has 1 aromatic heterocycles. The average Bonchev–Trinajstić information content (AvgIpc) is 2.19. The molecule has 0 radical (unpaired) electrons. The molecule has 1 aromatic rings. The second-order valence-electron chi connectivity index (χ2n) is 2.72. The molecule has 82 valence electrons. The molecule has 0 fully saturated rings. The number of hydrogen-bond acceptors (Lipinski definition) is 6. The third-order valence-electron chi connectivity index (χ3n) is 1.61. The van der Waals surface area contributed by atoms with Crippen molar-refractivity contribution in [3.05, 3.63) is 11.3 Å². The Morgan fingerprint density at radius 2 is 2.33 bits per heavy atom. The fraction of sp³-hybridized carbons (Fsp3) is 0.286. The maximum atomic E-state index is 10.5. The maximum Gasteiger partial charge on any atom is 0.248 e. The predicted octanol–water partition coefficient (Wildman–Crippen LogP) is -1.03. The van der Waals surface area contributed by atoms with Crippen molar-refractivity contribution in [2.45, 2.75) is 6.10 Å². The summed E-state index contributed by atoms with van der Waals surface area (Å²) in [5.74, 6) is -0.479. The minimum atomic E-state index is -1.31. The van der Waals surface area contributed by atoms with Crippen LogP contribution in [0.1, 0.15) is 0 Å². The van der Waals surface area contributed by atoms with Crippen LogP contribution >= 0.6 is 11.6 Å². The standard InChI is InChI=1S/C7H10ClN5O2/c8-4-5(9)12-2-13-7(4)11-1-3(14)6(10)15/h2-3,14H,1H2,(H2,10,15)(H3,9,11,12,13). The second kappa shape index (κ2) is 4.76. The molecule has 1 amide bonds. The molecule has 1 rings (SSSR count). The highest BCUT2D eigenvalue weighted by atomic mass is 35.5. The van der Waals surface area contributed by atoms with Gasteiger partial charge in [0.2, 0.25) is 5.91 Å². The summed E-state index contributed by atoms with van der Waals surface area (Å²) in [6.07, 6.45) is -0.0996. The van der Waals surface area contributed by atoms with Gasteiger partial charge in [-0.25, -0.2) is 9.97 Å². The lowest BCUT2D eigenvalue weighted by Gasteiger charge is -2.10. The fourth-order valence-electron chi connectivity index (χ4n) is 0.801. The maximum absolute atomic E-state index is 10.5. The van der Waals surface area contributed by atoms with E-state index >= 15 is 0 Å². The van der Waals surface area contributed by atoms with Crippen LogP contribution < -0.4 is 16.8 Å². The van der Waals surface area contributed by atoms with E-state index < -0.39 is 12.0 Å². The van der Waals surface area contributed by atoms with E-state index in [0.29, 0.717) is 0 Å². The lowest BCUT2D eigenvalue weighted by molar-refractivity contribution is -0.125. The van der Waals surface area contributed by atoms with E-state index in [4.69, 9.17) is 28.2 Å². The monoisotopic (exact) mass is 231 g/mol. The average molecular weight is 232 g/mol. The molecule has 0 aliphatic rings. The number of nitrogen functional groups attached to an aromatic ring is 1. The van der Waals surface area contributed by atoms with E-state index in [1.807, 2.05) is 0 Å². The van der Waals surface area contributed by atoms with E-state index in [0.717, 1.165) is 0 Å². The Balaban J connectivity index is 2.66. The highest BCUT2D eigenvalue weighted by Gasteiger charge is 2.12. The number of carbonyl (C=O) groups is 1. The van der Waals surface area contributed by atoms with Gasteiger partial charge in [0, 0.05) is 0 Å². The van der Waals surface area contributed by atoms with Crippen molar-refractivity contribution >= 4 is 29.1 Å². The quantitative estimate of drug-likeness (QED) is 0.525. The lowest BCUT2D eigenvalue weighted by Crippen LogP contribution is -2.34. The number of amides is 1. The highest BCUT2D eigenvalue weighted by molar-refractivity contribution is 6.35. The summed E-state index contributed by atoms with van der Waals surface area (Å²) in [4.78, 5) is 17.9. The zero-order valence-electron chi connectivity index (χ0n) is 7.64. The minimum absolute atomic E-state index is 0.0918. The van der Waals surface area contributed by atoms with Crippen LogP contribution in [0.15, 0.2) is 6.33 Å². The normalized spacial score (nSPS) is 12.1. The first-order valence-corrected chi connectivity index (χ1v) is 4.37. The van der Waals surface area contributed by atoms with Gasteiger partial charge in [-0.15, -0.1) is 0 Å². The third-order valence-corrected chi connectivity index (χ3v) is 1.98. The van der Waals surface area contributed by atoms with Crippen molar-refractivity contribution in [1.29, 1.82) is 0 Å². The van der Waals surface area contributed by atoms with Crippen LogP contribution in [-0.4, -0.2) is 33.6 Å². The number of halogens is 1. The molecule has 1 heterocycles. The molecule has 0 saturated carbocycles. The highest BCUT2D eigenvalue weighted by Crippen LogP contribution is 2.22. The van der Waals surface area contributed by atoms with Crippen LogP contribution in [0, 0.1) is 0 Å². The summed E-state index contributed by atoms with van der Waals surface area (Å²) in [6.45, 7) is -0.0918. The molecule has 1 atom stereocenters. The molecular weight excluding hydrogens is 222 g/mol. The van der Waals surface area contributed by atoms with Crippen LogP contribution in [0.2, 0.25) is 5.02 Å². The summed E-state index contributed by atoms with van der Waals surface area (Å²) >= 11 is 5.75. The first-order chi connectivity index (χ1) is 7.02. The largest absolute Gasteiger partial charge is 0.382 e. The van der Waals surface area contributed by atoms with Gasteiger partial charge in [-0.1, -0.05) is 11.6 Å².